The second kappa shape index (κ2) is 12.3. The van der Waals surface area contributed by atoms with Gasteiger partial charge in [0.05, 0.1) is 27.8 Å². The van der Waals surface area contributed by atoms with E-state index in [0.29, 0.717) is 0 Å². The zero-order chi connectivity index (χ0) is 26.4. The minimum absolute atomic E-state index is 0.119. The van der Waals surface area contributed by atoms with Crippen LogP contribution >= 0.6 is 0 Å². The van der Waals surface area contributed by atoms with Crippen LogP contribution in [0.25, 0.3) is 11.0 Å². The Morgan fingerprint density at radius 1 is 0.730 bits per heavy atom. The van der Waals surface area contributed by atoms with E-state index in [4.69, 9.17) is 9.97 Å². The SMILES string of the molecule is CCCCCCCCCCCCCCCCNC(=O)C12CCC(C)(c3nc4ccccc4nc31)C2(C)C. The van der Waals surface area contributed by atoms with Crippen molar-refractivity contribution in [3.63, 3.8) is 0 Å². The van der Waals surface area contributed by atoms with Gasteiger partial charge in [-0.2, -0.15) is 0 Å². The summed E-state index contributed by atoms with van der Waals surface area (Å²) in [4.78, 5) is 24.0. The van der Waals surface area contributed by atoms with E-state index in [1.54, 1.807) is 0 Å². The first kappa shape index (κ1) is 28.0. The third-order valence-electron chi connectivity index (χ3n) is 10.1. The number of benzene rings is 1. The molecule has 0 radical (unpaired) electrons. The topological polar surface area (TPSA) is 54.9 Å². The zero-order valence-electron chi connectivity index (χ0n) is 24.1. The molecule has 1 saturated carbocycles. The molecular formula is C33H51N3O. The number of para-hydroxylation sites is 2. The minimum atomic E-state index is -0.579. The molecule has 0 aliphatic heterocycles. The van der Waals surface area contributed by atoms with Gasteiger partial charge in [-0.15, -0.1) is 0 Å². The van der Waals surface area contributed by atoms with E-state index in [0.717, 1.165) is 48.2 Å². The molecule has 2 aliphatic rings. The molecule has 1 amide bonds. The number of carbonyl (C=O) groups excluding carboxylic acids is 1. The van der Waals surface area contributed by atoms with Gasteiger partial charge in [0, 0.05) is 12.0 Å². The highest BCUT2D eigenvalue weighted by Crippen LogP contribution is 2.70. The average molecular weight is 506 g/mol. The molecule has 2 bridgehead atoms. The van der Waals surface area contributed by atoms with E-state index in [1.165, 1.54) is 83.5 Å². The largest absolute Gasteiger partial charge is 0.355 e. The number of aromatic nitrogens is 2. The molecule has 1 heterocycles. The summed E-state index contributed by atoms with van der Waals surface area (Å²) in [6.45, 7) is 9.87. The third-order valence-corrected chi connectivity index (χ3v) is 10.1. The summed E-state index contributed by atoms with van der Waals surface area (Å²) in [6.07, 6.45) is 20.7. The number of amides is 1. The monoisotopic (exact) mass is 505 g/mol. The van der Waals surface area contributed by atoms with Gasteiger partial charge in [-0.3, -0.25) is 4.79 Å². The second-order valence-corrected chi connectivity index (χ2v) is 12.6. The molecule has 2 aliphatic carbocycles. The lowest BCUT2D eigenvalue weighted by molar-refractivity contribution is -0.130. The van der Waals surface area contributed by atoms with Crippen LogP contribution in [0.3, 0.4) is 0 Å². The van der Waals surface area contributed by atoms with Crippen molar-refractivity contribution in [2.45, 2.75) is 141 Å². The fourth-order valence-corrected chi connectivity index (χ4v) is 7.22. The fraction of sp³-hybridized carbons (Fsp3) is 0.727. The predicted molar refractivity (Wildman–Crippen MR) is 155 cm³/mol. The van der Waals surface area contributed by atoms with Crippen LogP contribution in [0.1, 0.15) is 142 Å². The molecule has 37 heavy (non-hydrogen) atoms. The van der Waals surface area contributed by atoms with Crippen LogP contribution in [0.2, 0.25) is 0 Å². The van der Waals surface area contributed by atoms with Crippen molar-refractivity contribution >= 4 is 16.9 Å². The van der Waals surface area contributed by atoms with Crippen LogP contribution in [0.5, 0.6) is 0 Å². The number of hydrogen-bond donors (Lipinski definition) is 1. The number of rotatable bonds is 16. The van der Waals surface area contributed by atoms with Gasteiger partial charge in [-0.1, -0.05) is 123 Å². The van der Waals surface area contributed by atoms with E-state index in [1.807, 2.05) is 24.3 Å². The first-order valence-electron chi connectivity index (χ1n) is 15.4. The Bertz CT molecular complexity index is 1050. The van der Waals surface area contributed by atoms with Gasteiger partial charge in [0.2, 0.25) is 5.91 Å². The smallest absolute Gasteiger partial charge is 0.232 e. The van der Waals surface area contributed by atoms with Crippen LogP contribution < -0.4 is 5.32 Å². The highest BCUT2D eigenvalue weighted by Gasteiger charge is 2.73. The second-order valence-electron chi connectivity index (χ2n) is 12.6. The molecule has 4 rings (SSSR count). The van der Waals surface area contributed by atoms with Crippen molar-refractivity contribution in [1.29, 1.82) is 0 Å². The van der Waals surface area contributed by atoms with Crippen molar-refractivity contribution in [3.8, 4) is 0 Å². The normalized spacial score (nSPS) is 23.5. The Hall–Kier alpha value is -1.97. The van der Waals surface area contributed by atoms with Gasteiger partial charge in [-0.05, 0) is 36.8 Å². The Labute approximate surface area is 225 Å². The maximum atomic E-state index is 13.8. The summed E-state index contributed by atoms with van der Waals surface area (Å²) in [5, 5.41) is 3.34. The van der Waals surface area contributed by atoms with Crippen LogP contribution in [0.4, 0.5) is 0 Å². The molecule has 4 heteroatoms. The van der Waals surface area contributed by atoms with Crippen molar-refractivity contribution < 1.29 is 4.79 Å². The molecule has 1 N–H and O–H groups in total. The van der Waals surface area contributed by atoms with Gasteiger partial charge >= 0.3 is 0 Å². The molecule has 2 atom stereocenters. The van der Waals surface area contributed by atoms with Crippen LogP contribution in [-0.4, -0.2) is 22.4 Å². The number of hydrogen-bond acceptors (Lipinski definition) is 3. The van der Waals surface area contributed by atoms with Crippen molar-refractivity contribution in [2.24, 2.45) is 5.41 Å². The average Bonchev–Trinajstić information content (AvgIpc) is 3.19. The summed E-state index contributed by atoms with van der Waals surface area (Å²) in [5.74, 6) is 0.166. The summed E-state index contributed by atoms with van der Waals surface area (Å²) < 4.78 is 0. The van der Waals surface area contributed by atoms with Gasteiger partial charge in [-0.25, -0.2) is 9.97 Å². The zero-order valence-corrected chi connectivity index (χ0v) is 24.1. The van der Waals surface area contributed by atoms with Crippen LogP contribution in [-0.2, 0) is 15.6 Å². The van der Waals surface area contributed by atoms with Crippen molar-refractivity contribution in [2.75, 3.05) is 6.54 Å². The molecule has 0 saturated heterocycles. The molecule has 2 aromatic rings. The van der Waals surface area contributed by atoms with E-state index < -0.39 is 5.41 Å². The first-order valence-corrected chi connectivity index (χ1v) is 15.4. The van der Waals surface area contributed by atoms with Gasteiger partial charge in [0.1, 0.15) is 0 Å². The molecule has 204 valence electrons. The Kier molecular flexibility index (Phi) is 9.29. The summed E-state index contributed by atoms with van der Waals surface area (Å²) >= 11 is 0. The number of nitrogens with zero attached hydrogens (tertiary/aromatic N) is 2. The molecule has 1 fully saturated rings. The molecular weight excluding hydrogens is 454 g/mol. The third kappa shape index (κ3) is 5.32. The van der Waals surface area contributed by atoms with Crippen molar-refractivity contribution in [3.05, 3.63) is 35.7 Å². The van der Waals surface area contributed by atoms with Gasteiger partial charge in [0.25, 0.3) is 0 Å². The number of carbonyl (C=O) groups is 1. The molecule has 2 unspecified atom stereocenters. The highest BCUT2D eigenvalue weighted by molar-refractivity contribution is 5.92. The predicted octanol–water partition coefficient (Wildman–Crippen LogP) is 8.56. The number of nitrogens with one attached hydrogen (secondary N) is 1. The summed E-state index contributed by atoms with van der Waals surface area (Å²) in [6, 6.07) is 8.08. The summed E-state index contributed by atoms with van der Waals surface area (Å²) in [7, 11) is 0. The molecule has 1 aromatic heterocycles. The highest BCUT2D eigenvalue weighted by atomic mass is 16.2. The van der Waals surface area contributed by atoms with Crippen molar-refractivity contribution in [1.82, 2.24) is 15.3 Å². The van der Waals surface area contributed by atoms with Gasteiger partial charge in [0.15, 0.2) is 0 Å². The Morgan fingerprint density at radius 2 is 1.22 bits per heavy atom. The van der Waals surface area contributed by atoms with E-state index in [9.17, 15) is 4.79 Å². The fourth-order valence-electron chi connectivity index (χ4n) is 7.22. The molecule has 1 aromatic carbocycles. The first-order chi connectivity index (χ1) is 17.9. The van der Waals surface area contributed by atoms with E-state index in [2.05, 4.69) is 33.0 Å². The lowest BCUT2D eigenvalue weighted by atomic mass is 9.63. The Morgan fingerprint density at radius 3 is 1.76 bits per heavy atom. The summed E-state index contributed by atoms with van der Waals surface area (Å²) in [5.41, 5.74) is 2.91. The molecule has 0 spiro atoms. The van der Waals surface area contributed by atoms with E-state index >= 15 is 0 Å². The Balaban J connectivity index is 1.19. The quantitative estimate of drug-likeness (QED) is 0.232. The number of unbranched alkanes of at least 4 members (excludes halogenated alkanes) is 13. The molecule has 4 nitrogen and oxygen atoms in total. The maximum Gasteiger partial charge on any atom is 0.232 e. The standard InChI is InChI=1S/C33H51N3O/c1-5-6-7-8-9-10-11-12-13-14-15-16-17-20-25-34-30(37)33-24-23-32(4,31(33,2)3)28-29(33)36-27-22-19-18-21-26(27)35-28/h18-19,21-22H,5-17,20,23-25H2,1-4H3,(H,34,37). The van der Waals surface area contributed by atoms with Gasteiger partial charge < -0.3 is 5.32 Å². The number of fused-ring (bicyclic) bond motifs is 6. The van der Waals surface area contributed by atoms with Crippen LogP contribution in [0.15, 0.2) is 24.3 Å². The minimum Gasteiger partial charge on any atom is -0.355 e. The van der Waals surface area contributed by atoms with Crippen LogP contribution in [0, 0.1) is 5.41 Å². The van der Waals surface area contributed by atoms with E-state index in [-0.39, 0.29) is 16.7 Å². The lowest BCUT2D eigenvalue weighted by Crippen LogP contribution is -2.51. The maximum absolute atomic E-state index is 13.8. The lowest BCUT2D eigenvalue weighted by Gasteiger charge is -2.39.